The molecule has 1 amide bonds. The van der Waals surface area contributed by atoms with Crippen molar-refractivity contribution in [3.8, 4) is 0 Å². The maximum Gasteiger partial charge on any atom is 0.224 e. The first-order chi connectivity index (χ1) is 9.52. The van der Waals surface area contributed by atoms with E-state index in [4.69, 9.17) is 0 Å². The summed E-state index contributed by atoms with van der Waals surface area (Å²) < 4.78 is 0.978. The van der Waals surface area contributed by atoms with Crippen LogP contribution in [-0.2, 0) is 11.2 Å². The summed E-state index contributed by atoms with van der Waals surface area (Å²) >= 11 is 3.44. The predicted molar refractivity (Wildman–Crippen MR) is 87.0 cm³/mol. The van der Waals surface area contributed by atoms with E-state index in [0.29, 0.717) is 6.42 Å². The normalized spacial score (nSPS) is 10.3. The van der Waals surface area contributed by atoms with Gasteiger partial charge in [-0.15, -0.1) is 0 Å². The standard InChI is InChI=1S/C17H18BrNO/c1-12-4-3-5-14(8-12)6-7-17(20)19-16-10-13(2)9-15(18)11-16/h3-5,8-11H,6-7H2,1-2H3,(H,19,20). The average molecular weight is 332 g/mol. The average Bonchev–Trinajstić information content (AvgIpc) is 2.35. The molecule has 20 heavy (non-hydrogen) atoms. The van der Waals surface area contributed by atoms with Crippen LogP contribution < -0.4 is 5.32 Å². The zero-order valence-corrected chi connectivity index (χ0v) is 13.3. The molecule has 0 bridgehead atoms. The number of carbonyl (C=O) groups excluding carboxylic acids is 1. The molecule has 0 saturated heterocycles. The van der Waals surface area contributed by atoms with Gasteiger partial charge in [-0.25, -0.2) is 0 Å². The Morgan fingerprint density at radius 3 is 2.60 bits per heavy atom. The predicted octanol–water partition coefficient (Wildman–Crippen LogP) is 4.64. The highest BCUT2D eigenvalue weighted by molar-refractivity contribution is 9.10. The molecular weight excluding hydrogens is 314 g/mol. The molecule has 0 aliphatic rings. The number of rotatable bonds is 4. The van der Waals surface area contributed by atoms with Gasteiger partial charge in [-0.2, -0.15) is 0 Å². The zero-order chi connectivity index (χ0) is 14.5. The lowest BCUT2D eigenvalue weighted by Crippen LogP contribution is -2.12. The van der Waals surface area contributed by atoms with Crippen LogP contribution >= 0.6 is 15.9 Å². The van der Waals surface area contributed by atoms with Crippen molar-refractivity contribution in [2.75, 3.05) is 5.32 Å². The van der Waals surface area contributed by atoms with Gasteiger partial charge in [-0.05, 0) is 49.6 Å². The van der Waals surface area contributed by atoms with Crippen molar-refractivity contribution in [1.29, 1.82) is 0 Å². The van der Waals surface area contributed by atoms with Gasteiger partial charge in [-0.3, -0.25) is 4.79 Å². The van der Waals surface area contributed by atoms with E-state index in [9.17, 15) is 4.79 Å². The Balaban J connectivity index is 1.92. The topological polar surface area (TPSA) is 29.1 Å². The second-order valence-corrected chi connectivity index (χ2v) is 5.97. The van der Waals surface area contributed by atoms with Crippen LogP contribution in [0.1, 0.15) is 23.1 Å². The van der Waals surface area contributed by atoms with Gasteiger partial charge in [0.15, 0.2) is 0 Å². The van der Waals surface area contributed by atoms with E-state index >= 15 is 0 Å². The fourth-order valence-corrected chi connectivity index (χ4v) is 2.77. The van der Waals surface area contributed by atoms with Crippen LogP contribution in [0.25, 0.3) is 0 Å². The Hall–Kier alpha value is -1.61. The molecule has 104 valence electrons. The molecule has 2 rings (SSSR count). The molecule has 0 heterocycles. The second kappa shape index (κ2) is 6.71. The van der Waals surface area contributed by atoms with Crippen molar-refractivity contribution in [2.45, 2.75) is 26.7 Å². The van der Waals surface area contributed by atoms with Crippen LogP contribution in [0.2, 0.25) is 0 Å². The number of amides is 1. The Morgan fingerprint density at radius 2 is 1.90 bits per heavy atom. The largest absolute Gasteiger partial charge is 0.326 e. The molecule has 0 radical (unpaired) electrons. The number of carbonyl (C=O) groups is 1. The number of nitrogens with one attached hydrogen (secondary N) is 1. The van der Waals surface area contributed by atoms with Crippen molar-refractivity contribution in [3.05, 3.63) is 63.6 Å². The van der Waals surface area contributed by atoms with Gasteiger partial charge < -0.3 is 5.32 Å². The van der Waals surface area contributed by atoms with Crippen molar-refractivity contribution >= 4 is 27.5 Å². The highest BCUT2D eigenvalue weighted by Crippen LogP contribution is 2.19. The van der Waals surface area contributed by atoms with Crippen molar-refractivity contribution < 1.29 is 4.79 Å². The molecule has 0 aliphatic carbocycles. The molecule has 3 heteroatoms. The minimum Gasteiger partial charge on any atom is -0.326 e. The SMILES string of the molecule is Cc1cccc(CCC(=O)Nc2cc(C)cc(Br)c2)c1. The van der Waals surface area contributed by atoms with Gasteiger partial charge in [0.25, 0.3) is 0 Å². The molecule has 2 aromatic rings. The van der Waals surface area contributed by atoms with Crippen LogP contribution in [0.4, 0.5) is 5.69 Å². The van der Waals surface area contributed by atoms with E-state index < -0.39 is 0 Å². The number of hydrogen-bond acceptors (Lipinski definition) is 1. The Kier molecular flexibility index (Phi) is 4.96. The maximum absolute atomic E-state index is 12.0. The molecule has 0 atom stereocenters. The van der Waals surface area contributed by atoms with Crippen molar-refractivity contribution in [3.63, 3.8) is 0 Å². The van der Waals surface area contributed by atoms with E-state index in [1.807, 2.05) is 31.2 Å². The van der Waals surface area contributed by atoms with Crippen LogP contribution in [0.3, 0.4) is 0 Å². The number of aryl methyl sites for hydroxylation is 3. The molecule has 0 spiro atoms. The molecule has 0 aliphatic heterocycles. The summed E-state index contributed by atoms with van der Waals surface area (Å²) in [4.78, 5) is 12.0. The number of anilines is 1. The third kappa shape index (κ3) is 4.49. The first kappa shape index (κ1) is 14.8. The molecule has 0 unspecified atom stereocenters. The summed E-state index contributed by atoms with van der Waals surface area (Å²) in [7, 11) is 0. The number of benzene rings is 2. The summed E-state index contributed by atoms with van der Waals surface area (Å²) in [5, 5.41) is 2.94. The summed E-state index contributed by atoms with van der Waals surface area (Å²) in [6.07, 6.45) is 1.26. The Bertz CT molecular complexity index is 602. The molecule has 0 aromatic heterocycles. The Morgan fingerprint density at radius 1 is 1.10 bits per heavy atom. The second-order valence-electron chi connectivity index (χ2n) is 5.05. The number of hydrogen-bond donors (Lipinski definition) is 1. The van der Waals surface area contributed by atoms with Gasteiger partial charge >= 0.3 is 0 Å². The fourth-order valence-electron chi connectivity index (χ4n) is 2.16. The lowest BCUT2D eigenvalue weighted by atomic mass is 10.1. The monoisotopic (exact) mass is 331 g/mol. The van der Waals surface area contributed by atoms with Crippen molar-refractivity contribution in [1.82, 2.24) is 0 Å². The minimum absolute atomic E-state index is 0.0454. The van der Waals surface area contributed by atoms with Crippen LogP contribution in [-0.4, -0.2) is 5.91 Å². The highest BCUT2D eigenvalue weighted by Gasteiger charge is 2.04. The summed E-state index contributed by atoms with van der Waals surface area (Å²) in [5.41, 5.74) is 4.38. The van der Waals surface area contributed by atoms with E-state index in [0.717, 1.165) is 22.1 Å². The lowest BCUT2D eigenvalue weighted by molar-refractivity contribution is -0.116. The fraction of sp³-hybridized carbons (Fsp3) is 0.235. The van der Waals surface area contributed by atoms with Crippen LogP contribution in [0, 0.1) is 13.8 Å². The quantitative estimate of drug-likeness (QED) is 0.868. The zero-order valence-electron chi connectivity index (χ0n) is 11.7. The Labute approximate surface area is 128 Å². The van der Waals surface area contributed by atoms with E-state index in [2.05, 4.69) is 46.4 Å². The summed E-state index contributed by atoms with van der Waals surface area (Å²) in [6, 6.07) is 14.2. The van der Waals surface area contributed by atoms with Gasteiger partial charge in [0.1, 0.15) is 0 Å². The van der Waals surface area contributed by atoms with Gasteiger partial charge in [0.05, 0.1) is 0 Å². The third-order valence-electron chi connectivity index (χ3n) is 3.05. The molecule has 2 aromatic carbocycles. The van der Waals surface area contributed by atoms with Gasteiger partial charge in [-0.1, -0.05) is 45.8 Å². The molecule has 2 nitrogen and oxygen atoms in total. The smallest absolute Gasteiger partial charge is 0.224 e. The minimum atomic E-state index is 0.0454. The lowest BCUT2D eigenvalue weighted by Gasteiger charge is -2.07. The van der Waals surface area contributed by atoms with Crippen LogP contribution in [0.15, 0.2) is 46.9 Å². The first-order valence-electron chi connectivity index (χ1n) is 6.65. The molecule has 0 saturated carbocycles. The summed E-state index contributed by atoms with van der Waals surface area (Å²) in [5.74, 6) is 0.0454. The first-order valence-corrected chi connectivity index (χ1v) is 7.45. The molecule has 1 N–H and O–H groups in total. The van der Waals surface area contributed by atoms with E-state index in [-0.39, 0.29) is 5.91 Å². The van der Waals surface area contributed by atoms with Gasteiger partial charge in [0.2, 0.25) is 5.91 Å². The molecular formula is C17H18BrNO. The van der Waals surface area contributed by atoms with Gasteiger partial charge in [0, 0.05) is 16.6 Å². The summed E-state index contributed by atoms with van der Waals surface area (Å²) in [6.45, 7) is 4.07. The maximum atomic E-state index is 12.0. The number of halogens is 1. The van der Waals surface area contributed by atoms with E-state index in [1.165, 1.54) is 11.1 Å². The highest BCUT2D eigenvalue weighted by atomic mass is 79.9. The molecule has 0 fully saturated rings. The van der Waals surface area contributed by atoms with E-state index in [1.54, 1.807) is 0 Å². The van der Waals surface area contributed by atoms with Crippen LogP contribution in [0.5, 0.6) is 0 Å². The van der Waals surface area contributed by atoms with Crippen molar-refractivity contribution in [2.24, 2.45) is 0 Å². The third-order valence-corrected chi connectivity index (χ3v) is 3.51.